The largest absolute Gasteiger partial charge is 0.397 e. The van der Waals surface area contributed by atoms with Gasteiger partial charge in [-0.05, 0) is 69.3 Å². The number of piperazine rings is 1. The molecule has 246 valence electrons. The first-order valence-corrected chi connectivity index (χ1v) is 16.9. The lowest BCUT2D eigenvalue weighted by atomic mass is 9.92. The van der Waals surface area contributed by atoms with Crippen LogP contribution < -0.4 is 16.7 Å². The van der Waals surface area contributed by atoms with E-state index < -0.39 is 5.92 Å². The van der Waals surface area contributed by atoms with Crippen molar-refractivity contribution >= 4 is 29.1 Å². The highest BCUT2D eigenvalue weighted by Gasteiger charge is 2.34. The van der Waals surface area contributed by atoms with Crippen LogP contribution in [0.25, 0.3) is 11.4 Å². The van der Waals surface area contributed by atoms with Gasteiger partial charge in [-0.3, -0.25) is 19.5 Å². The van der Waals surface area contributed by atoms with Crippen molar-refractivity contribution < 1.29 is 9.59 Å². The lowest BCUT2D eigenvalue weighted by Crippen LogP contribution is -2.55. The second kappa shape index (κ2) is 14.4. The van der Waals surface area contributed by atoms with Crippen LogP contribution in [0.4, 0.5) is 5.69 Å². The molecule has 4 heterocycles. The minimum absolute atomic E-state index is 0.0234. The Labute approximate surface area is 275 Å². The maximum atomic E-state index is 14.1. The number of H-pyrrole nitrogens is 1. The van der Waals surface area contributed by atoms with E-state index in [1.807, 2.05) is 59.2 Å². The lowest BCUT2D eigenvalue weighted by molar-refractivity contribution is -0.143. The molecule has 3 fully saturated rings. The zero-order chi connectivity index (χ0) is 32.2. The summed E-state index contributed by atoms with van der Waals surface area (Å²) in [6.45, 7) is 8.06. The predicted molar refractivity (Wildman–Crippen MR) is 180 cm³/mol. The average Bonchev–Trinajstić information content (AvgIpc) is 3.48. The molecular weight excluding hydrogens is 604 g/mol. The number of nitrogens with two attached hydrogens (primary N) is 1. The number of aryl methyl sites for hydroxylation is 1. The molecule has 0 spiro atoms. The van der Waals surface area contributed by atoms with Crippen LogP contribution in [0.1, 0.15) is 49.3 Å². The highest BCUT2D eigenvalue weighted by Crippen LogP contribution is 2.29. The Morgan fingerprint density at radius 1 is 0.957 bits per heavy atom. The average molecular weight is 649 g/mol. The molecule has 3 saturated heterocycles. The first-order valence-electron chi connectivity index (χ1n) is 16.6. The number of aromatic nitrogens is 3. The molecule has 46 heavy (non-hydrogen) atoms. The first-order chi connectivity index (χ1) is 22.3. The molecule has 0 radical (unpaired) electrons. The monoisotopic (exact) mass is 648 g/mol. The highest BCUT2D eigenvalue weighted by atomic mass is 35.5. The third-order valence-corrected chi connectivity index (χ3v) is 10.3. The van der Waals surface area contributed by atoms with Gasteiger partial charge in [-0.1, -0.05) is 48.0 Å². The molecule has 2 amide bonds. The first kappa shape index (κ1) is 32.3. The molecule has 3 aliphatic heterocycles. The number of rotatable bonds is 8. The Hall–Kier alpha value is -3.67. The fourth-order valence-electron chi connectivity index (χ4n) is 7.22. The Kier molecular flexibility index (Phi) is 10.1. The second-order valence-corrected chi connectivity index (χ2v) is 13.4. The normalized spacial score (nSPS) is 19.3. The van der Waals surface area contributed by atoms with Gasteiger partial charge in [0.2, 0.25) is 11.8 Å². The van der Waals surface area contributed by atoms with Crippen molar-refractivity contribution in [2.24, 2.45) is 5.92 Å². The van der Waals surface area contributed by atoms with E-state index in [9.17, 15) is 14.4 Å². The standard InChI is InChI=1S/C34H45ClN8O3/c1-23-19-24(21-29(35)31(23)36)20-26(33(45)42-17-15-40(16-18-42)27-7-11-37-12-8-27)22-30(44)41-13-9-28(10-14-41)43-34(46)38-32(39-43)25-5-3-2-4-6-25/h2-6,19,21,26-28,37H,7-18,20,22,36H2,1H3,(H,38,39,46)/t26-/m0/s1. The number of nitrogen functional groups attached to an aromatic ring is 1. The van der Waals surface area contributed by atoms with Gasteiger partial charge in [0.25, 0.3) is 0 Å². The van der Waals surface area contributed by atoms with E-state index >= 15 is 0 Å². The minimum atomic E-state index is -0.503. The smallest absolute Gasteiger partial charge is 0.343 e. The van der Waals surface area contributed by atoms with Gasteiger partial charge >= 0.3 is 5.69 Å². The summed E-state index contributed by atoms with van der Waals surface area (Å²) < 4.78 is 1.52. The fourth-order valence-corrected chi connectivity index (χ4v) is 7.51. The van der Waals surface area contributed by atoms with Crippen LogP contribution in [0.15, 0.2) is 47.3 Å². The summed E-state index contributed by atoms with van der Waals surface area (Å²) in [7, 11) is 0. The minimum Gasteiger partial charge on any atom is -0.397 e. The number of carbonyl (C=O) groups excluding carboxylic acids is 2. The van der Waals surface area contributed by atoms with Crippen molar-refractivity contribution in [3.8, 4) is 11.4 Å². The predicted octanol–water partition coefficient (Wildman–Crippen LogP) is 3.09. The molecule has 2 aromatic carbocycles. The zero-order valence-corrected chi connectivity index (χ0v) is 27.3. The molecule has 0 saturated carbocycles. The quantitative estimate of drug-likeness (QED) is 0.320. The van der Waals surface area contributed by atoms with Crippen LogP contribution in [0.5, 0.6) is 0 Å². The molecule has 3 aromatic rings. The molecule has 1 aromatic heterocycles. The van der Waals surface area contributed by atoms with Gasteiger partial charge in [-0.25, -0.2) is 9.48 Å². The van der Waals surface area contributed by atoms with Crippen LogP contribution in [0.2, 0.25) is 5.02 Å². The summed E-state index contributed by atoms with van der Waals surface area (Å²) >= 11 is 6.42. The van der Waals surface area contributed by atoms with Gasteiger partial charge in [0, 0.05) is 57.3 Å². The Balaban J connectivity index is 1.11. The highest BCUT2D eigenvalue weighted by molar-refractivity contribution is 6.33. The molecule has 6 rings (SSSR count). The number of benzene rings is 2. The second-order valence-electron chi connectivity index (χ2n) is 13.0. The molecule has 0 aliphatic carbocycles. The number of hydrogen-bond donors (Lipinski definition) is 3. The van der Waals surface area contributed by atoms with Crippen molar-refractivity contribution in [3.63, 3.8) is 0 Å². The van der Waals surface area contributed by atoms with Crippen LogP contribution in [0, 0.1) is 12.8 Å². The maximum Gasteiger partial charge on any atom is 0.343 e. The number of nitrogens with zero attached hydrogens (tertiary/aromatic N) is 5. The number of hydrogen-bond acceptors (Lipinski definition) is 7. The van der Waals surface area contributed by atoms with Crippen LogP contribution in [-0.4, -0.2) is 99.7 Å². The number of halogens is 1. The molecule has 11 nitrogen and oxygen atoms in total. The topological polar surface area (TPSA) is 133 Å². The third-order valence-electron chi connectivity index (χ3n) is 9.95. The number of nitrogens with one attached hydrogen (secondary N) is 2. The van der Waals surface area contributed by atoms with Gasteiger partial charge in [0.05, 0.1) is 22.7 Å². The summed E-state index contributed by atoms with van der Waals surface area (Å²) in [6.07, 6.45) is 4.06. The van der Waals surface area contributed by atoms with E-state index in [2.05, 4.69) is 20.3 Å². The van der Waals surface area contributed by atoms with E-state index in [-0.39, 0.29) is 30.0 Å². The van der Waals surface area contributed by atoms with Crippen molar-refractivity contribution in [1.82, 2.24) is 34.8 Å². The van der Waals surface area contributed by atoms with E-state index in [4.69, 9.17) is 17.3 Å². The Morgan fingerprint density at radius 2 is 1.65 bits per heavy atom. The summed E-state index contributed by atoms with van der Waals surface area (Å²) in [4.78, 5) is 49.7. The Morgan fingerprint density at radius 3 is 2.33 bits per heavy atom. The van der Waals surface area contributed by atoms with Crippen molar-refractivity contribution in [1.29, 1.82) is 0 Å². The van der Waals surface area contributed by atoms with Gasteiger partial charge < -0.3 is 20.9 Å². The van der Waals surface area contributed by atoms with Crippen LogP contribution in [0.3, 0.4) is 0 Å². The van der Waals surface area contributed by atoms with Gasteiger partial charge in [-0.2, -0.15) is 0 Å². The number of amides is 2. The lowest BCUT2D eigenvalue weighted by Gasteiger charge is -2.41. The molecular formula is C34H45ClN8O3. The number of carbonyl (C=O) groups is 2. The van der Waals surface area contributed by atoms with E-state index in [1.54, 1.807) is 0 Å². The number of likely N-dealkylation sites (tertiary alicyclic amines) is 1. The van der Waals surface area contributed by atoms with Crippen molar-refractivity contribution in [3.05, 3.63) is 69.1 Å². The summed E-state index contributed by atoms with van der Waals surface area (Å²) in [5, 5.41) is 8.47. The molecule has 1 atom stereocenters. The van der Waals surface area contributed by atoms with Crippen molar-refractivity contribution in [2.75, 3.05) is 58.1 Å². The van der Waals surface area contributed by atoms with Gasteiger partial charge in [-0.15, -0.1) is 5.10 Å². The van der Waals surface area contributed by atoms with Gasteiger partial charge in [0.1, 0.15) is 0 Å². The molecule has 4 N–H and O–H groups in total. The number of anilines is 1. The van der Waals surface area contributed by atoms with Crippen molar-refractivity contribution in [2.45, 2.75) is 57.5 Å². The molecule has 12 heteroatoms. The SMILES string of the molecule is Cc1cc(C[C@@H](CC(=O)N2CCC(n3nc(-c4ccccc4)[nH]c3=O)CC2)C(=O)N2CCN(C3CCNCC3)CC2)cc(Cl)c1N. The van der Waals surface area contributed by atoms with Gasteiger partial charge in [0.15, 0.2) is 5.82 Å². The molecule has 0 bridgehead atoms. The van der Waals surface area contributed by atoms with E-state index in [0.29, 0.717) is 68.0 Å². The maximum absolute atomic E-state index is 14.1. The number of piperidine rings is 2. The zero-order valence-electron chi connectivity index (χ0n) is 26.6. The van der Waals surface area contributed by atoms with Crippen LogP contribution >= 0.6 is 11.6 Å². The van der Waals surface area contributed by atoms with Crippen LogP contribution in [-0.2, 0) is 16.0 Å². The summed E-state index contributed by atoms with van der Waals surface area (Å²) in [5.41, 5.74) is 9.01. The summed E-state index contributed by atoms with van der Waals surface area (Å²) in [6, 6.07) is 13.8. The summed E-state index contributed by atoms with van der Waals surface area (Å²) in [5.74, 6) is 0.0234. The molecule has 3 aliphatic rings. The number of aromatic amines is 1. The Bertz CT molecular complexity index is 1550. The van der Waals surface area contributed by atoms with E-state index in [0.717, 1.165) is 55.7 Å². The fraction of sp³-hybridized carbons (Fsp3) is 0.529. The third kappa shape index (κ3) is 7.32. The molecule has 0 unspecified atom stereocenters. The van der Waals surface area contributed by atoms with E-state index in [1.165, 1.54) is 4.68 Å².